The molecule has 1 saturated heterocycles. The van der Waals surface area contributed by atoms with Crippen molar-refractivity contribution in [1.29, 1.82) is 0 Å². The first-order chi connectivity index (χ1) is 11.8. The van der Waals surface area contributed by atoms with Crippen LogP contribution in [0, 0.1) is 0 Å². The molecule has 1 atom stereocenters. The summed E-state index contributed by atoms with van der Waals surface area (Å²) in [4.78, 5) is 16.4. The van der Waals surface area contributed by atoms with E-state index in [0.29, 0.717) is 6.54 Å². The average molecular weight is 338 g/mol. The number of rotatable bonds is 4. The average Bonchev–Trinajstić information content (AvgIpc) is 3.30. The Morgan fingerprint density at radius 1 is 1.25 bits per heavy atom. The number of nitrogens with zero attached hydrogens (tertiary/aromatic N) is 2. The van der Waals surface area contributed by atoms with E-state index >= 15 is 0 Å². The highest BCUT2D eigenvalue weighted by Gasteiger charge is 2.21. The van der Waals surface area contributed by atoms with Crippen molar-refractivity contribution >= 4 is 28.7 Å². The van der Waals surface area contributed by atoms with Gasteiger partial charge in [0.15, 0.2) is 0 Å². The second kappa shape index (κ2) is 6.67. The summed E-state index contributed by atoms with van der Waals surface area (Å²) >= 11 is 1.75. The van der Waals surface area contributed by atoms with Crippen LogP contribution in [-0.2, 0) is 11.3 Å². The monoisotopic (exact) mass is 338 g/mol. The van der Waals surface area contributed by atoms with Crippen molar-refractivity contribution in [2.75, 3.05) is 11.6 Å². The highest BCUT2D eigenvalue weighted by molar-refractivity contribution is 7.99. The summed E-state index contributed by atoms with van der Waals surface area (Å²) in [5, 5.41) is 6.17. The molecule has 1 aliphatic rings. The SMILES string of the molecule is O=C(NCc1ccc(-n2cnc3ccccc32)cc1)[C@H]1CSCN1. The molecule has 24 heavy (non-hydrogen) atoms. The van der Waals surface area contributed by atoms with Crippen molar-refractivity contribution in [2.24, 2.45) is 0 Å². The predicted octanol–water partition coefficient (Wildman–Crippen LogP) is 2.30. The number of carbonyl (C=O) groups excluding carboxylic acids is 1. The van der Waals surface area contributed by atoms with E-state index in [9.17, 15) is 4.79 Å². The van der Waals surface area contributed by atoms with Gasteiger partial charge in [0.25, 0.3) is 0 Å². The van der Waals surface area contributed by atoms with Gasteiger partial charge in [0.1, 0.15) is 6.33 Å². The van der Waals surface area contributed by atoms with Crippen LogP contribution in [-0.4, -0.2) is 33.1 Å². The molecule has 6 heteroatoms. The van der Waals surface area contributed by atoms with Crippen molar-refractivity contribution in [1.82, 2.24) is 20.2 Å². The number of aromatic nitrogens is 2. The summed E-state index contributed by atoms with van der Waals surface area (Å²) in [6, 6.07) is 16.2. The van der Waals surface area contributed by atoms with Gasteiger partial charge in [0.05, 0.1) is 17.1 Å². The fourth-order valence-electron chi connectivity index (χ4n) is 2.82. The number of thioether (sulfide) groups is 1. The van der Waals surface area contributed by atoms with Gasteiger partial charge in [-0.25, -0.2) is 4.98 Å². The summed E-state index contributed by atoms with van der Waals surface area (Å²) in [7, 11) is 0. The molecule has 2 aromatic carbocycles. The third-order valence-electron chi connectivity index (χ3n) is 4.17. The number of para-hydroxylation sites is 2. The third-order valence-corrected chi connectivity index (χ3v) is 5.11. The summed E-state index contributed by atoms with van der Waals surface area (Å²) in [6.07, 6.45) is 1.84. The zero-order valence-corrected chi connectivity index (χ0v) is 13.9. The van der Waals surface area contributed by atoms with Gasteiger partial charge in [-0.3, -0.25) is 14.7 Å². The summed E-state index contributed by atoms with van der Waals surface area (Å²) in [5.74, 6) is 1.77. The van der Waals surface area contributed by atoms with Crippen LogP contribution in [0.25, 0.3) is 16.7 Å². The van der Waals surface area contributed by atoms with Crippen LogP contribution in [0.3, 0.4) is 0 Å². The van der Waals surface area contributed by atoms with E-state index in [4.69, 9.17) is 0 Å². The molecule has 1 amide bonds. The van der Waals surface area contributed by atoms with Crippen molar-refractivity contribution in [3.05, 3.63) is 60.4 Å². The zero-order valence-electron chi connectivity index (χ0n) is 13.1. The maximum Gasteiger partial charge on any atom is 0.238 e. The van der Waals surface area contributed by atoms with E-state index in [0.717, 1.165) is 33.9 Å². The van der Waals surface area contributed by atoms with Crippen LogP contribution >= 0.6 is 11.8 Å². The molecule has 0 unspecified atom stereocenters. The van der Waals surface area contributed by atoms with E-state index in [-0.39, 0.29) is 11.9 Å². The molecule has 2 N–H and O–H groups in total. The predicted molar refractivity (Wildman–Crippen MR) is 97.2 cm³/mol. The lowest BCUT2D eigenvalue weighted by molar-refractivity contribution is -0.122. The Kier molecular flexibility index (Phi) is 4.23. The number of imidazole rings is 1. The Balaban J connectivity index is 1.45. The fourth-order valence-corrected chi connectivity index (χ4v) is 3.76. The highest BCUT2D eigenvalue weighted by Crippen LogP contribution is 2.18. The highest BCUT2D eigenvalue weighted by atomic mass is 32.2. The molecule has 0 bridgehead atoms. The smallest absolute Gasteiger partial charge is 0.238 e. The molecule has 4 rings (SSSR count). The summed E-state index contributed by atoms with van der Waals surface area (Å²) < 4.78 is 2.07. The molecule has 2 heterocycles. The lowest BCUT2D eigenvalue weighted by atomic mass is 10.2. The molecule has 5 nitrogen and oxygen atoms in total. The van der Waals surface area contributed by atoms with Crippen LogP contribution in [0.4, 0.5) is 0 Å². The number of fused-ring (bicyclic) bond motifs is 1. The van der Waals surface area contributed by atoms with Crippen LogP contribution < -0.4 is 10.6 Å². The molecule has 3 aromatic rings. The van der Waals surface area contributed by atoms with Crippen molar-refractivity contribution in [3.8, 4) is 5.69 Å². The number of hydrogen-bond acceptors (Lipinski definition) is 4. The number of amides is 1. The topological polar surface area (TPSA) is 59.0 Å². The molecule has 0 aliphatic carbocycles. The normalized spacial score (nSPS) is 17.2. The van der Waals surface area contributed by atoms with Gasteiger partial charge < -0.3 is 5.32 Å². The minimum atomic E-state index is -0.0633. The Bertz CT molecular complexity index is 853. The van der Waals surface area contributed by atoms with Crippen LogP contribution in [0.5, 0.6) is 0 Å². The summed E-state index contributed by atoms with van der Waals surface area (Å²) in [6.45, 7) is 0.548. The molecular weight excluding hydrogens is 320 g/mol. The van der Waals surface area contributed by atoms with Crippen molar-refractivity contribution in [3.63, 3.8) is 0 Å². The Morgan fingerprint density at radius 3 is 2.88 bits per heavy atom. The molecule has 0 saturated carbocycles. The Labute approximate surface area is 144 Å². The maximum absolute atomic E-state index is 12.0. The Hall–Kier alpha value is -2.31. The maximum atomic E-state index is 12.0. The van der Waals surface area contributed by atoms with Gasteiger partial charge >= 0.3 is 0 Å². The minimum absolute atomic E-state index is 0.0633. The zero-order chi connectivity index (χ0) is 16.4. The lowest BCUT2D eigenvalue weighted by Gasteiger charge is -2.11. The fraction of sp³-hybridized carbons (Fsp3) is 0.222. The first-order valence-corrected chi connectivity index (χ1v) is 9.07. The van der Waals surface area contributed by atoms with Gasteiger partial charge in [0, 0.05) is 23.9 Å². The number of nitrogens with one attached hydrogen (secondary N) is 2. The number of benzene rings is 2. The van der Waals surface area contributed by atoms with Gasteiger partial charge in [-0.05, 0) is 29.8 Å². The molecule has 0 spiro atoms. The summed E-state index contributed by atoms with van der Waals surface area (Å²) in [5.41, 5.74) is 4.22. The van der Waals surface area contributed by atoms with Crippen LogP contribution in [0.2, 0.25) is 0 Å². The Morgan fingerprint density at radius 2 is 2.08 bits per heavy atom. The standard InChI is InChI=1S/C18H18N4OS/c23-18(16-10-24-12-21-16)19-9-13-5-7-14(8-6-13)22-11-20-15-3-1-2-4-17(15)22/h1-8,11,16,21H,9-10,12H2,(H,19,23)/t16-/m1/s1. The van der Waals surface area contributed by atoms with E-state index in [2.05, 4.69) is 38.4 Å². The molecule has 0 radical (unpaired) electrons. The first kappa shape index (κ1) is 15.2. The van der Waals surface area contributed by atoms with Crippen molar-refractivity contribution < 1.29 is 4.79 Å². The quantitative estimate of drug-likeness (QED) is 0.766. The van der Waals surface area contributed by atoms with Gasteiger partial charge in [-0.2, -0.15) is 0 Å². The van der Waals surface area contributed by atoms with Crippen molar-refractivity contribution in [2.45, 2.75) is 12.6 Å². The second-order valence-electron chi connectivity index (χ2n) is 5.76. The van der Waals surface area contributed by atoms with Gasteiger partial charge in [0.2, 0.25) is 5.91 Å². The van der Waals surface area contributed by atoms with Crippen LogP contribution in [0.1, 0.15) is 5.56 Å². The molecule has 122 valence electrons. The van der Waals surface area contributed by atoms with Crippen LogP contribution in [0.15, 0.2) is 54.9 Å². The second-order valence-corrected chi connectivity index (χ2v) is 6.79. The van der Waals surface area contributed by atoms with E-state index < -0.39 is 0 Å². The van der Waals surface area contributed by atoms with E-state index in [1.54, 1.807) is 11.8 Å². The molecular formula is C18H18N4OS. The lowest BCUT2D eigenvalue weighted by Crippen LogP contribution is -2.41. The number of hydrogen-bond donors (Lipinski definition) is 2. The third kappa shape index (κ3) is 3.02. The van der Waals surface area contributed by atoms with Gasteiger partial charge in [-0.15, -0.1) is 11.8 Å². The largest absolute Gasteiger partial charge is 0.351 e. The molecule has 1 aromatic heterocycles. The van der Waals surface area contributed by atoms with Gasteiger partial charge in [-0.1, -0.05) is 24.3 Å². The molecule has 1 aliphatic heterocycles. The first-order valence-electron chi connectivity index (χ1n) is 7.91. The molecule has 1 fully saturated rings. The number of carbonyl (C=O) groups is 1. The van der Waals surface area contributed by atoms with E-state index in [1.807, 2.05) is 36.7 Å². The minimum Gasteiger partial charge on any atom is -0.351 e. The van der Waals surface area contributed by atoms with E-state index in [1.165, 1.54) is 0 Å².